The highest BCUT2D eigenvalue weighted by Gasteiger charge is 2.44. The first-order valence-electron chi connectivity index (χ1n) is 8.03. The molecule has 2 aliphatic rings. The van der Waals surface area contributed by atoms with Gasteiger partial charge in [0.2, 0.25) is 5.91 Å². The number of nitrogens with zero attached hydrogens (tertiary/aromatic N) is 2. The second-order valence-corrected chi connectivity index (χ2v) is 6.58. The Bertz CT molecular complexity index is 379. The van der Waals surface area contributed by atoms with Crippen LogP contribution in [0.3, 0.4) is 0 Å². The monoisotopic (exact) mass is 322 g/mol. The van der Waals surface area contributed by atoms with Crippen LogP contribution >= 0.6 is 0 Å². The first-order chi connectivity index (χ1) is 10.3. The van der Waals surface area contributed by atoms with Crippen molar-refractivity contribution in [3.63, 3.8) is 0 Å². The molecule has 128 valence electrons. The van der Waals surface area contributed by atoms with Crippen molar-refractivity contribution in [3.8, 4) is 0 Å². The highest BCUT2D eigenvalue weighted by atomic mass is 19.4. The zero-order valence-electron chi connectivity index (χ0n) is 13.0. The number of rotatable bonds is 3. The minimum atomic E-state index is -4.19. The summed E-state index contributed by atoms with van der Waals surface area (Å²) in [5.74, 6) is -1.93. The van der Waals surface area contributed by atoms with E-state index in [-0.39, 0.29) is 18.7 Å². The van der Waals surface area contributed by atoms with Crippen molar-refractivity contribution in [2.45, 2.75) is 44.9 Å². The summed E-state index contributed by atoms with van der Waals surface area (Å²) in [7, 11) is 0. The molecule has 1 saturated carbocycles. The summed E-state index contributed by atoms with van der Waals surface area (Å²) in [5.41, 5.74) is 0. The zero-order chi connectivity index (χ0) is 16.3. The van der Waals surface area contributed by atoms with Gasteiger partial charge in [0, 0.05) is 38.6 Å². The van der Waals surface area contributed by atoms with Crippen LogP contribution in [0.25, 0.3) is 0 Å². The topological polar surface area (TPSA) is 43.8 Å². The van der Waals surface area contributed by atoms with Crippen molar-refractivity contribution in [3.05, 3.63) is 0 Å². The van der Waals surface area contributed by atoms with Crippen molar-refractivity contribution in [2.24, 2.45) is 11.8 Å². The molecule has 0 aromatic carbocycles. The number of amides is 1. The molecule has 1 heterocycles. The van der Waals surface area contributed by atoms with Crippen LogP contribution < -0.4 is 0 Å². The van der Waals surface area contributed by atoms with E-state index in [0.29, 0.717) is 45.6 Å². The van der Waals surface area contributed by atoms with Gasteiger partial charge in [-0.25, -0.2) is 0 Å². The summed E-state index contributed by atoms with van der Waals surface area (Å²) in [5, 5.41) is 9.36. The van der Waals surface area contributed by atoms with E-state index in [1.165, 1.54) is 0 Å². The number of aliphatic hydroxyl groups is 1. The molecule has 1 aliphatic heterocycles. The molecule has 1 amide bonds. The molecule has 0 radical (unpaired) electrons. The molecule has 1 aliphatic carbocycles. The van der Waals surface area contributed by atoms with Gasteiger partial charge < -0.3 is 10.0 Å². The van der Waals surface area contributed by atoms with Gasteiger partial charge in [-0.1, -0.05) is 6.42 Å². The smallest absolute Gasteiger partial charge is 0.391 e. The number of hydrogen-bond donors (Lipinski definition) is 1. The molecule has 7 heteroatoms. The quantitative estimate of drug-likeness (QED) is 0.863. The van der Waals surface area contributed by atoms with E-state index < -0.39 is 24.1 Å². The number of aliphatic hydroxyl groups excluding tert-OH is 1. The third-order valence-corrected chi connectivity index (χ3v) is 4.69. The van der Waals surface area contributed by atoms with Gasteiger partial charge in [0.25, 0.3) is 0 Å². The summed E-state index contributed by atoms with van der Waals surface area (Å²) in [6.07, 6.45) is -3.46. The van der Waals surface area contributed by atoms with Gasteiger partial charge in [0.15, 0.2) is 0 Å². The predicted molar refractivity (Wildman–Crippen MR) is 76.2 cm³/mol. The zero-order valence-corrected chi connectivity index (χ0v) is 13.0. The average Bonchev–Trinajstić information content (AvgIpc) is 2.46. The normalized spacial score (nSPS) is 29.4. The molecular weight excluding hydrogens is 297 g/mol. The summed E-state index contributed by atoms with van der Waals surface area (Å²) < 4.78 is 38.5. The van der Waals surface area contributed by atoms with Crippen molar-refractivity contribution in [1.29, 1.82) is 0 Å². The van der Waals surface area contributed by atoms with Gasteiger partial charge in [-0.15, -0.1) is 0 Å². The van der Waals surface area contributed by atoms with E-state index in [0.717, 1.165) is 0 Å². The molecule has 4 nitrogen and oxygen atoms in total. The molecule has 0 bridgehead atoms. The number of alkyl halides is 3. The van der Waals surface area contributed by atoms with Gasteiger partial charge in [-0.2, -0.15) is 13.2 Å². The van der Waals surface area contributed by atoms with Crippen LogP contribution in [-0.4, -0.2) is 65.8 Å². The summed E-state index contributed by atoms with van der Waals surface area (Å²) in [6, 6.07) is 0. The van der Waals surface area contributed by atoms with Crippen molar-refractivity contribution in [2.75, 3.05) is 32.7 Å². The van der Waals surface area contributed by atoms with Crippen molar-refractivity contribution >= 4 is 5.91 Å². The lowest BCUT2D eigenvalue weighted by atomic mass is 9.80. The molecule has 0 aromatic heterocycles. The number of hydrogen-bond acceptors (Lipinski definition) is 3. The average molecular weight is 322 g/mol. The summed E-state index contributed by atoms with van der Waals surface area (Å²) >= 11 is 0. The number of carbonyl (C=O) groups is 1. The molecule has 0 aromatic rings. The molecule has 3 atom stereocenters. The number of carbonyl (C=O) groups excluding carboxylic acids is 1. The SMILES string of the molecule is C[C@H](O)CN1CCN(C(=O)[C@H]2CCC[C@H](C(F)(F)F)C2)CC1. The Morgan fingerprint density at radius 1 is 1.23 bits per heavy atom. The van der Waals surface area contributed by atoms with Crippen molar-refractivity contribution in [1.82, 2.24) is 9.80 Å². The Morgan fingerprint density at radius 3 is 2.41 bits per heavy atom. The molecular formula is C15H25F3N2O2. The van der Waals surface area contributed by atoms with E-state index in [1.807, 2.05) is 0 Å². The van der Waals surface area contributed by atoms with Crippen LogP contribution in [0.5, 0.6) is 0 Å². The number of piperazine rings is 1. The Labute approximate surface area is 129 Å². The van der Waals surface area contributed by atoms with Crippen LogP contribution in [0.2, 0.25) is 0 Å². The molecule has 1 N–H and O–H groups in total. The second kappa shape index (κ2) is 7.17. The van der Waals surface area contributed by atoms with Gasteiger partial charge in [0.1, 0.15) is 0 Å². The van der Waals surface area contributed by atoms with E-state index >= 15 is 0 Å². The highest BCUT2D eigenvalue weighted by Crippen LogP contribution is 2.40. The lowest BCUT2D eigenvalue weighted by molar-refractivity contribution is -0.187. The number of halogens is 3. The van der Waals surface area contributed by atoms with Crippen LogP contribution in [0.15, 0.2) is 0 Å². The Kier molecular flexibility index (Phi) is 5.71. The molecule has 0 unspecified atom stereocenters. The fourth-order valence-corrected chi connectivity index (χ4v) is 3.49. The third kappa shape index (κ3) is 4.59. The standard InChI is InChI=1S/C15H25F3N2O2/c1-11(21)10-19-5-7-20(8-6-19)14(22)12-3-2-4-13(9-12)15(16,17)18/h11-13,21H,2-10H2,1H3/t11-,12-,13-/m0/s1. The van der Waals surface area contributed by atoms with Crippen LogP contribution in [0, 0.1) is 11.8 Å². The van der Waals surface area contributed by atoms with E-state index in [1.54, 1.807) is 11.8 Å². The van der Waals surface area contributed by atoms with E-state index in [2.05, 4.69) is 4.90 Å². The number of β-amino-alcohol motifs (C(OH)–C–C–N with tert-alkyl or cyclic N) is 1. The van der Waals surface area contributed by atoms with Gasteiger partial charge in [-0.3, -0.25) is 9.69 Å². The Hall–Kier alpha value is -0.820. The highest BCUT2D eigenvalue weighted by molar-refractivity contribution is 5.79. The van der Waals surface area contributed by atoms with Crippen LogP contribution in [-0.2, 0) is 4.79 Å². The molecule has 2 rings (SSSR count). The lowest BCUT2D eigenvalue weighted by Gasteiger charge is -2.38. The Morgan fingerprint density at radius 2 is 1.86 bits per heavy atom. The first-order valence-corrected chi connectivity index (χ1v) is 8.03. The second-order valence-electron chi connectivity index (χ2n) is 6.58. The molecule has 2 fully saturated rings. The fourth-order valence-electron chi connectivity index (χ4n) is 3.49. The third-order valence-electron chi connectivity index (χ3n) is 4.69. The maximum Gasteiger partial charge on any atom is 0.391 e. The summed E-state index contributed by atoms with van der Waals surface area (Å²) in [4.78, 5) is 16.2. The van der Waals surface area contributed by atoms with Crippen LogP contribution in [0.1, 0.15) is 32.6 Å². The lowest BCUT2D eigenvalue weighted by Crippen LogP contribution is -2.52. The van der Waals surface area contributed by atoms with Gasteiger partial charge >= 0.3 is 6.18 Å². The minimum absolute atomic E-state index is 0.0593. The predicted octanol–water partition coefficient (Wildman–Crippen LogP) is 1.88. The van der Waals surface area contributed by atoms with Gasteiger partial charge in [0.05, 0.1) is 12.0 Å². The van der Waals surface area contributed by atoms with Crippen LogP contribution in [0.4, 0.5) is 13.2 Å². The summed E-state index contributed by atoms with van der Waals surface area (Å²) in [6.45, 7) is 4.72. The van der Waals surface area contributed by atoms with E-state index in [9.17, 15) is 23.1 Å². The first kappa shape index (κ1) is 17.5. The van der Waals surface area contributed by atoms with Crippen molar-refractivity contribution < 1.29 is 23.1 Å². The Balaban J connectivity index is 1.84. The van der Waals surface area contributed by atoms with E-state index in [4.69, 9.17) is 0 Å². The minimum Gasteiger partial charge on any atom is -0.392 e. The molecule has 1 saturated heterocycles. The molecule has 22 heavy (non-hydrogen) atoms. The fraction of sp³-hybridized carbons (Fsp3) is 0.933. The molecule has 0 spiro atoms. The maximum atomic E-state index is 12.8. The largest absolute Gasteiger partial charge is 0.392 e. The van der Waals surface area contributed by atoms with Gasteiger partial charge in [-0.05, 0) is 26.2 Å². The maximum absolute atomic E-state index is 12.8.